The van der Waals surface area contributed by atoms with Crippen molar-refractivity contribution in [3.8, 4) is 0 Å². The third-order valence-electron chi connectivity index (χ3n) is 0.715. The van der Waals surface area contributed by atoms with E-state index in [9.17, 15) is 4.79 Å². The molecule has 0 amide bonds. The number of carbonyl (C=O) groups is 1. The van der Waals surface area contributed by atoms with Crippen LogP contribution in [0.5, 0.6) is 0 Å². The van der Waals surface area contributed by atoms with Gasteiger partial charge in [-0.05, 0) is 13.3 Å². The summed E-state index contributed by atoms with van der Waals surface area (Å²) in [5, 5.41) is 0. The van der Waals surface area contributed by atoms with E-state index in [1.54, 1.807) is 6.26 Å². The number of ketones is 1. The van der Waals surface area contributed by atoms with Crippen LogP contribution in [-0.2, 0) is 9.53 Å². The summed E-state index contributed by atoms with van der Waals surface area (Å²) in [6, 6.07) is 0. The monoisotopic (exact) mass is 128 g/mol. The van der Waals surface area contributed by atoms with Gasteiger partial charge in [-0.1, -0.05) is 13.0 Å². The fourth-order valence-electron chi connectivity index (χ4n) is 0.330. The zero-order valence-electron chi connectivity index (χ0n) is 5.89. The summed E-state index contributed by atoms with van der Waals surface area (Å²) in [5.74, 6) is 0.0516. The van der Waals surface area contributed by atoms with E-state index in [1.165, 1.54) is 6.92 Å². The number of rotatable bonds is 4. The Morgan fingerprint density at radius 3 is 2.78 bits per heavy atom. The van der Waals surface area contributed by atoms with Crippen molar-refractivity contribution in [2.45, 2.75) is 20.3 Å². The van der Waals surface area contributed by atoms with Crippen molar-refractivity contribution in [3.63, 3.8) is 0 Å². The van der Waals surface area contributed by atoms with E-state index in [2.05, 4.69) is 0 Å². The molecule has 0 saturated heterocycles. The van der Waals surface area contributed by atoms with Gasteiger partial charge < -0.3 is 4.74 Å². The standard InChI is InChI=1S/C7H12O2/c1-3-4-5-9-6-7(2)8/h4-5H,3,6H2,1-2H3/b5-4+. The Labute approximate surface area is 55.5 Å². The molecule has 9 heavy (non-hydrogen) atoms. The number of hydrogen-bond acceptors (Lipinski definition) is 2. The summed E-state index contributed by atoms with van der Waals surface area (Å²) in [6.45, 7) is 3.70. The van der Waals surface area contributed by atoms with Gasteiger partial charge in [-0.2, -0.15) is 0 Å². The Morgan fingerprint density at radius 2 is 2.33 bits per heavy atom. The molecule has 0 aliphatic rings. The van der Waals surface area contributed by atoms with Gasteiger partial charge in [0.25, 0.3) is 0 Å². The van der Waals surface area contributed by atoms with Gasteiger partial charge in [-0.3, -0.25) is 4.79 Å². The zero-order chi connectivity index (χ0) is 7.11. The maximum Gasteiger partial charge on any atom is 0.167 e. The molecule has 0 spiro atoms. The molecule has 0 aromatic heterocycles. The van der Waals surface area contributed by atoms with Crippen molar-refractivity contribution < 1.29 is 9.53 Å². The van der Waals surface area contributed by atoms with Crippen LogP contribution in [-0.4, -0.2) is 12.4 Å². The topological polar surface area (TPSA) is 26.3 Å². The zero-order valence-corrected chi connectivity index (χ0v) is 5.89. The summed E-state index contributed by atoms with van der Waals surface area (Å²) < 4.78 is 4.81. The Kier molecular flexibility index (Phi) is 4.88. The number of hydrogen-bond donors (Lipinski definition) is 0. The Balaban J connectivity index is 3.09. The van der Waals surface area contributed by atoms with E-state index >= 15 is 0 Å². The smallest absolute Gasteiger partial charge is 0.167 e. The van der Waals surface area contributed by atoms with E-state index < -0.39 is 0 Å². The molecule has 0 aromatic rings. The molecule has 0 bridgehead atoms. The van der Waals surface area contributed by atoms with Gasteiger partial charge in [0.05, 0.1) is 6.26 Å². The molecule has 0 N–H and O–H groups in total. The van der Waals surface area contributed by atoms with Crippen LogP contribution < -0.4 is 0 Å². The van der Waals surface area contributed by atoms with Crippen molar-refractivity contribution in [1.29, 1.82) is 0 Å². The molecule has 0 radical (unpaired) electrons. The lowest BCUT2D eigenvalue weighted by Gasteiger charge is -1.92. The highest BCUT2D eigenvalue weighted by Crippen LogP contribution is 1.81. The predicted molar refractivity (Wildman–Crippen MR) is 36.1 cm³/mol. The van der Waals surface area contributed by atoms with E-state index in [-0.39, 0.29) is 12.4 Å². The quantitative estimate of drug-likeness (QED) is 0.536. The van der Waals surface area contributed by atoms with Crippen LogP contribution >= 0.6 is 0 Å². The minimum atomic E-state index is 0.0516. The number of carbonyl (C=O) groups excluding carboxylic acids is 1. The largest absolute Gasteiger partial charge is 0.494 e. The van der Waals surface area contributed by atoms with Crippen LogP contribution in [0.2, 0.25) is 0 Å². The predicted octanol–water partition coefficient (Wildman–Crippen LogP) is 1.52. The van der Waals surface area contributed by atoms with Crippen LogP contribution in [0.3, 0.4) is 0 Å². The van der Waals surface area contributed by atoms with Gasteiger partial charge in [-0.25, -0.2) is 0 Å². The normalized spacial score (nSPS) is 10.0. The highest BCUT2D eigenvalue weighted by Gasteiger charge is 1.86. The van der Waals surface area contributed by atoms with Crippen molar-refractivity contribution in [3.05, 3.63) is 12.3 Å². The highest BCUT2D eigenvalue weighted by molar-refractivity contribution is 5.76. The molecule has 52 valence electrons. The number of ether oxygens (including phenoxy) is 1. The lowest BCUT2D eigenvalue weighted by molar-refractivity contribution is -0.119. The first-order chi connectivity index (χ1) is 4.27. The molecule has 0 unspecified atom stereocenters. The molecule has 0 saturated carbocycles. The van der Waals surface area contributed by atoms with Crippen molar-refractivity contribution in [2.24, 2.45) is 0 Å². The first-order valence-electron chi connectivity index (χ1n) is 3.03. The summed E-state index contributed by atoms with van der Waals surface area (Å²) >= 11 is 0. The summed E-state index contributed by atoms with van der Waals surface area (Å²) in [5.41, 5.74) is 0. The van der Waals surface area contributed by atoms with Gasteiger partial charge in [0.2, 0.25) is 0 Å². The molecule has 0 aliphatic carbocycles. The molecule has 0 fully saturated rings. The average Bonchev–Trinajstić information content (AvgIpc) is 1.80. The van der Waals surface area contributed by atoms with Crippen LogP contribution in [0, 0.1) is 0 Å². The second-order valence-corrected chi connectivity index (χ2v) is 1.79. The van der Waals surface area contributed by atoms with E-state index in [1.807, 2.05) is 13.0 Å². The van der Waals surface area contributed by atoms with E-state index in [4.69, 9.17) is 4.74 Å². The maximum atomic E-state index is 10.2. The molecule has 2 nitrogen and oxygen atoms in total. The summed E-state index contributed by atoms with van der Waals surface area (Å²) in [6.07, 6.45) is 4.36. The lowest BCUT2D eigenvalue weighted by Crippen LogP contribution is -1.98. The minimum Gasteiger partial charge on any atom is -0.494 e. The van der Waals surface area contributed by atoms with Gasteiger partial charge in [0.15, 0.2) is 5.78 Å². The minimum absolute atomic E-state index is 0.0516. The number of Topliss-reactive ketones (excluding diaryl/α,β-unsaturated/α-hetero) is 1. The first-order valence-corrected chi connectivity index (χ1v) is 3.03. The van der Waals surface area contributed by atoms with E-state index in [0.29, 0.717) is 0 Å². The van der Waals surface area contributed by atoms with Crippen LogP contribution in [0.1, 0.15) is 20.3 Å². The van der Waals surface area contributed by atoms with Crippen molar-refractivity contribution in [1.82, 2.24) is 0 Å². The molecule has 0 rings (SSSR count). The third-order valence-corrected chi connectivity index (χ3v) is 0.715. The van der Waals surface area contributed by atoms with E-state index in [0.717, 1.165) is 6.42 Å². The summed E-state index contributed by atoms with van der Waals surface area (Å²) in [4.78, 5) is 10.2. The van der Waals surface area contributed by atoms with Crippen molar-refractivity contribution in [2.75, 3.05) is 6.61 Å². The highest BCUT2D eigenvalue weighted by atomic mass is 16.5. The Hall–Kier alpha value is -0.790. The Bertz CT molecular complexity index is 105. The van der Waals surface area contributed by atoms with Crippen LogP contribution in [0.25, 0.3) is 0 Å². The van der Waals surface area contributed by atoms with Gasteiger partial charge in [0, 0.05) is 0 Å². The molecule has 0 atom stereocenters. The Morgan fingerprint density at radius 1 is 1.67 bits per heavy atom. The molecule has 0 aliphatic heterocycles. The summed E-state index contributed by atoms with van der Waals surface area (Å²) in [7, 11) is 0. The van der Waals surface area contributed by atoms with Gasteiger partial charge >= 0.3 is 0 Å². The average molecular weight is 128 g/mol. The SMILES string of the molecule is CC/C=C/OCC(C)=O. The number of allylic oxidation sites excluding steroid dienone is 1. The second-order valence-electron chi connectivity index (χ2n) is 1.79. The molecule has 2 heteroatoms. The molecule has 0 heterocycles. The third kappa shape index (κ3) is 7.21. The maximum absolute atomic E-state index is 10.2. The molecular weight excluding hydrogens is 116 g/mol. The molecular formula is C7H12O2. The van der Waals surface area contributed by atoms with Gasteiger partial charge in [0.1, 0.15) is 6.61 Å². The van der Waals surface area contributed by atoms with Crippen molar-refractivity contribution >= 4 is 5.78 Å². The fraction of sp³-hybridized carbons (Fsp3) is 0.571. The second kappa shape index (κ2) is 5.35. The van der Waals surface area contributed by atoms with Crippen LogP contribution in [0.15, 0.2) is 12.3 Å². The van der Waals surface area contributed by atoms with Crippen LogP contribution in [0.4, 0.5) is 0 Å². The van der Waals surface area contributed by atoms with Gasteiger partial charge in [-0.15, -0.1) is 0 Å². The first kappa shape index (κ1) is 8.21. The fourth-order valence-corrected chi connectivity index (χ4v) is 0.330. The lowest BCUT2D eigenvalue weighted by atomic mass is 10.5. The molecule has 0 aromatic carbocycles.